The molecule has 0 radical (unpaired) electrons. The number of imidazole rings is 1. The lowest BCUT2D eigenvalue weighted by Crippen LogP contribution is -2.00. The minimum atomic E-state index is 0.631. The quantitative estimate of drug-likeness (QED) is 0.174. The van der Waals surface area contributed by atoms with Gasteiger partial charge in [0.1, 0.15) is 5.65 Å². The van der Waals surface area contributed by atoms with Crippen LogP contribution in [0.3, 0.4) is 0 Å². The summed E-state index contributed by atoms with van der Waals surface area (Å²) in [6.07, 6.45) is 2.10. The molecule has 0 saturated heterocycles. The van der Waals surface area contributed by atoms with Gasteiger partial charge in [0, 0.05) is 53.8 Å². The van der Waals surface area contributed by atoms with Crippen LogP contribution in [0.1, 0.15) is 0 Å². The molecule has 4 heterocycles. The minimum Gasteiger partial charge on any atom is -0.299 e. The van der Waals surface area contributed by atoms with E-state index in [1.807, 2.05) is 35.6 Å². The number of hydrogen-bond acceptors (Lipinski definition) is 5. The number of hydrogen-bond donors (Lipinski definition) is 0. The smallest absolute Gasteiger partial charge is 0.164 e. The maximum atomic E-state index is 5.19. The van der Waals surface area contributed by atoms with Gasteiger partial charge in [-0.25, -0.2) is 19.9 Å². The monoisotopic (exact) mass is 681 g/mol. The van der Waals surface area contributed by atoms with Gasteiger partial charge in [0.2, 0.25) is 0 Å². The molecule has 0 fully saturated rings. The molecule has 0 aliphatic heterocycles. The van der Waals surface area contributed by atoms with E-state index in [0.717, 1.165) is 60.5 Å². The Morgan fingerprint density at radius 1 is 0.365 bits per heavy atom. The second-order valence-corrected chi connectivity index (χ2v) is 14.2. The summed E-state index contributed by atoms with van der Waals surface area (Å²) in [5.74, 6) is 1.92. The summed E-state index contributed by atoms with van der Waals surface area (Å²) in [5.41, 5.74) is 8.17. The van der Waals surface area contributed by atoms with E-state index < -0.39 is 0 Å². The molecule has 0 bridgehead atoms. The molecule has 0 amide bonds. The molecule has 0 unspecified atom stereocenters. The molecule has 242 valence electrons. The highest BCUT2D eigenvalue weighted by atomic mass is 32.1. The predicted octanol–water partition coefficient (Wildman–Crippen LogP) is 12.0. The molecule has 0 aliphatic rings. The number of pyridine rings is 1. The van der Waals surface area contributed by atoms with Crippen LogP contribution >= 0.6 is 11.3 Å². The molecule has 7 aromatic carbocycles. The van der Waals surface area contributed by atoms with Gasteiger partial charge in [-0.2, -0.15) is 0 Å². The normalized spacial score (nSPS) is 11.8. The van der Waals surface area contributed by atoms with Gasteiger partial charge in [0.15, 0.2) is 17.5 Å². The van der Waals surface area contributed by atoms with Crippen LogP contribution in [-0.4, -0.2) is 24.3 Å². The van der Waals surface area contributed by atoms with Gasteiger partial charge in [-0.05, 0) is 70.4 Å². The van der Waals surface area contributed by atoms with E-state index in [9.17, 15) is 0 Å². The molecule has 0 spiro atoms. The van der Waals surface area contributed by atoms with Gasteiger partial charge in [0.25, 0.3) is 0 Å². The molecule has 0 aliphatic carbocycles. The highest BCUT2D eigenvalue weighted by Gasteiger charge is 2.18. The zero-order valence-electron chi connectivity index (χ0n) is 27.7. The third kappa shape index (κ3) is 4.55. The highest BCUT2D eigenvalue weighted by Crippen LogP contribution is 2.40. The first-order valence-corrected chi connectivity index (χ1v) is 18.1. The van der Waals surface area contributed by atoms with Gasteiger partial charge in [0.05, 0.1) is 11.0 Å². The van der Waals surface area contributed by atoms with Crippen LogP contribution in [0.25, 0.3) is 104 Å². The maximum absolute atomic E-state index is 5.19. The van der Waals surface area contributed by atoms with E-state index in [1.165, 1.54) is 25.7 Å². The van der Waals surface area contributed by atoms with E-state index >= 15 is 0 Å². The lowest BCUT2D eigenvalue weighted by atomic mass is 9.94. The Morgan fingerprint density at radius 3 is 1.75 bits per heavy atom. The number of nitrogens with zero attached hydrogens (tertiary/aromatic N) is 5. The first-order chi connectivity index (χ1) is 25.7. The molecular weight excluding hydrogens is 655 g/mol. The molecule has 6 heteroatoms. The summed E-state index contributed by atoms with van der Waals surface area (Å²) in [5, 5.41) is 6.96. The minimum absolute atomic E-state index is 0.631. The third-order valence-electron chi connectivity index (χ3n) is 10.0. The molecule has 0 saturated carbocycles. The molecule has 5 nitrogen and oxygen atoms in total. The van der Waals surface area contributed by atoms with Crippen molar-refractivity contribution >= 4 is 69.7 Å². The Bertz CT molecular complexity index is 3180. The molecule has 4 aromatic heterocycles. The van der Waals surface area contributed by atoms with Crippen molar-refractivity contribution in [3.8, 4) is 45.3 Å². The molecule has 11 rings (SSSR count). The molecule has 52 heavy (non-hydrogen) atoms. The van der Waals surface area contributed by atoms with E-state index in [-0.39, 0.29) is 0 Å². The van der Waals surface area contributed by atoms with Gasteiger partial charge < -0.3 is 0 Å². The predicted molar refractivity (Wildman–Crippen MR) is 216 cm³/mol. The third-order valence-corrected chi connectivity index (χ3v) is 11.2. The topological polar surface area (TPSA) is 56.0 Å². The van der Waals surface area contributed by atoms with E-state index in [2.05, 4.69) is 144 Å². The van der Waals surface area contributed by atoms with Crippen molar-refractivity contribution in [1.29, 1.82) is 0 Å². The first-order valence-electron chi connectivity index (χ1n) is 17.3. The fraction of sp³-hybridized carbons (Fsp3) is 0. The summed E-state index contributed by atoms with van der Waals surface area (Å²) < 4.78 is 4.72. The van der Waals surface area contributed by atoms with Crippen molar-refractivity contribution in [1.82, 2.24) is 24.3 Å². The van der Waals surface area contributed by atoms with Crippen molar-refractivity contribution in [2.45, 2.75) is 0 Å². The van der Waals surface area contributed by atoms with Crippen LogP contribution in [0, 0.1) is 0 Å². The average molecular weight is 682 g/mol. The fourth-order valence-corrected chi connectivity index (χ4v) is 8.64. The van der Waals surface area contributed by atoms with Crippen molar-refractivity contribution in [3.63, 3.8) is 0 Å². The van der Waals surface area contributed by atoms with E-state index in [1.54, 1.807) is 0 Å². The van der Waals surface area contributed by atoms with Crippen molar-refractivity contribution in [2.75, 3.05) is 0 Å². The largest absolute Gasteiger partial charge is 0.299 e. The van der Waals surface area contributed by atoms with Crippen molar-refractivity contribution in [2.24, 2.45) is 0 Å². The van der Waals surface area contributed by atoms with Crippen LogP contribution in [0.4, 0.5) is 0 Å². The summed E-state index contributed by atoms with van der Waals surface area (Å²) in [4.78, 5) is 20.5. The van der Waals surface area contributed by atoms with E-state index in [4.69, 9.17) is 19.9 Å². The van der Waals surface area contributed by atoms with Crippen molar-refractivity contribution in [3.05, 3.63) is 164 Å². The van der Waals surface area contributed by atoms with Crippen LogP contribution < -0.4 is 0 Å². The lowest BCUT2D eigenvalue weighted by Gasteiger charge is -2.12. The average Bonchev–Trinajstić information content (AvgIpc) is 3.80. The summed E-state index contributed by atoms with van der Waals surface area (Å²) in [6, 6.07) is 55.3. The Labute approximate surface area is 302 Å². The summed E-state index contributed by atoms with van der Waals surface area (Å²) in [6.45, 7) is 0. The Balaban J connectivity index is 1.18. The summed E-state index contributed by atoms with van der Waals surface area (Å²) in [7, 11) is 0. The fourth-order valence-electron chi connectivity index (χ4n) is 7.55. The molecule has 11 aromatic rings. The van der Waals surface area contributed by atoms with Crippen molar-refractivity contribution < 1.29 is 0 Å². The number of fused-ring (bicyclic) bond motifs is 11. The van der Waals surface area contributed by atoms with Gasteiger partial charge >= 0.3 is 0 Å². The van der Waals surface area contributed by atoms with E-state index in [0.29, 0.717) is 17.5 Å². The number of thiophene rings is 1. The summed E-state index contributed by atoms with van der Waals surface area (Å²) >= 11 is 1.81. The van der Waals surface area contributed by atoms with Crippen LogP contribution in [0.2, 0.25) is 0 Å². The highest BCUT2D eigenvalue weighted by molar-refractivity contribution is 7.25. The number of aromatic nitrogens is 5. The SMILES string of the molecule is c1ccc(-c2ccc3c(c2)c2cc(-c4nc(-c5ccccc5)nc(-c5ccc6sc7ccccc7c6c5)n4)ccc2c2c3nc3ccccn32)cc1. The van der Waals surface area contributed by atoms with Crippen LogP contribution in [0.5, 0.6) is 0 Å². The second-order valence-electron chi connectivity index (χ2n) is 13.1. The van der Waals surface area contributed by atoms with Gasteiger partial charge in [-0.15, -0.1) is 11.3 Å². The van der Waals surface area contributed by atoms with Crippen LogP contribution in [0.15, 0.2) is 164 Å². The zero-order chi connectivity index (χ0) is 34.2. The maximum Gasteiger partial charge on any atom is 0.164 e. The Hall–Kier alpha value is -6.76. The Kier molecular flexibility index (Phi) is 6.35. The molecule has 0 N–H and O–H groups in total. The first kappa shape index (κ1) is 29.0. The van der Waals surface area contributed by atoms with Gasteiger partial charge in [-0.1, -0.05) is 109 Å². The second kappa shape index (κ2) is 11.4. The lowest BCUT2D eigenvalue weighted by molar-refractivity contribution is 1.08. The number of benzene rings is 7. The van der Waals surface area contributed by atoms with Gasteiger partial charge in [-0.3, -0.25) is 4.40 Å². The molecule has 0 atom stereocenters. The molecular formula is C46H27N5S. The Morgan fingerprint density at radius 2 is 0.942 bits per heavy atom. The standard InChI is InChI=1S/C46H27N5S/c1-3-11-28(12-4-1)30-18-21-34-36(25-30)37-26-31(19-22-35(37)43-42(34)47-41-17-9-10-24-51(41)43)45-48-44(29-13-5-2-6-14-29)49-46(50-45)32-20-23-40-38(27-32)33-15-7-8-16-39(33)52-40/h1-27H. The number of rotatable bonds is 4. The van der Waals surface area contributed by atoms with Crippen LogP contribution in [-0.2, 0) is 0 Å². The zero-order valence-corrected chi connectivity index (χ0v) is 28.5.